The first kappa shape index (κ1) is 14.7. The lowest BCUT2D eigenvalue weighted by molar-refractivity contribution is 0.580. The van der Waals surface area contributed by atoms with Crippen molar-refractivity contribution in [3.63, 3.8) is 0 Å². The number of sulfonamides is 1. The van der Waals surface area contributed by atoms with Crippen LogP contribution in [0.25, 0.3) is 11.0 Å². The number of benzene rings is 2. The van der Waals surface area contributed by atoms with E-state index in [9.17, 15) is 8.42 Å². The van der Waals surface area contributed by atoms with Crippen LogP contribution in [0.15, 0.2) is 47.6 Å². The minimum atomic E-state index is -3.53. The molecule has 0 fully saturated rings. The zero-order chi connectivity index (χ0) is 15.7. The molecule has 3 rings (SSSR count). The topological polar surface area (TPSA) is 74.8 Å². The molecule has 0 atom stereocenters. The molecule has 0 aliphatic heterocycles. The highest BCUT2D eigenvalue weighted by molar-refractivity contribution is 7.89. The molecule has 0 amide bonds. The maximum atomic E-state index is 12.5. The molecule has 2 aromatic carbocycles. The Morgan fingerprint density at radius 3 is 2.77 bits per heavy atom. The van der Waals surface area contributed by atoms with Gasteiger partial charge in [-0.05, 0) is 48.7 Å². The average Bonchev–Trinajstić information content (AvgIpc) is 2.95. The van der Waals surface area contributed by atoms with Crippen LogP contribution >= 0.6 is 0 Å². The van der Waals surface area contributed by atoms with E-state index in [2.05, 4.69) is 14.7 Å². The molecule has 0 spiro atoms. The van der Waals surface area contributed by atoms with Crippen molar-refractivity contribution in [2.75, 3.05) is 0 Å². The fourth-order valence-corrected chi connectivity index (χ4v) is 3.69. The van der Waals surface area contributed by atoms with Crippen LogP contribution in [-0.4, -0.2) is 18.4 Å². The molecule has 22 heavy (non-hydrogen) atoms. The second-order valence-corrected chi connectivity index (χ2v) is 7.08. The Labute approximate surface area is 129 Å². The molecule has 0 saturated heterocycles. The number of aryl methyl sites for hydroxylation is 2. The van der Waals surface area contributed by atoms with Gasteiger partial charge in [0, 0.05) is 6.54 Å². The monoisotopic (exact) mass is 315 g/mol. The van der Waals surface area contributed by atoms with Gasteiger partial charge in [-0.3, -0.25) is 0 Å². The van der Waals surface area contributed by atoms with E-state index in [4.69, 9.17) is 0 Å². The summed E-state index contributed by atoms with van der Waals surface area (Å²) in [5, 5.41) is 0. The molecule has 0 radical (unpaired) electrons. The Kier molecular flexibility index (Phi) is 3.72. The predicted molar refractivity (Wildman–Crippen MR) is 86.0 cm³/mol. The Hall–Kier alpha value is -2.18. The van der Waals surface area contributed by atoms with Gasteiger partial charge in [0.1, 0.15) is 0 Å². The fourth-order valence-electron chi connectivity index (χ4n) is 2.35. The molecule has 0 aliphatic carbocycles. The molecule has 0 saturated carbocycles. The number of aromatic amines is 1. The van der Waals surface area contributed by atoms with Crippen LogP contribution in [0.3, 0.4) is 0 Å². The summed E-state index contributed by atoms with van der Waals surface area (Å²) in [6.45, 7) is 3.92. The Morgan fingerprint density at radius 1 is 1.14 bits per heavy atom. The highest BCUT2D eigenvalue weighted by Crippen LogP contribution is 2.17. The van der Waals surface area contributed by atoms with Gasteiger partial charge < -0.3 is 4.98 Å². The molecule has 3 aromatic rings. The normalized spacial score (nSPS) is 11.9. The van der Waals surface area contributed by atoms with Crippen LogP contribution in [0.1, 0.15) is 16.7 Å². The van der Waals surface area contributed by atoms with Gasteiger partial charge in [-0.25, -0.2) is 18.1 Å². The molecule has 114 valence electrons. The number of fused-ring (bicyclic) bond motifs is 1. The quantitative estimate of drug-likeness (QED) is 0.777. The van der Waals surface area contributed by atoms with E-state index in [1.807, 2.05) is 37.3 Å². The Morgan fingerprint density at radius 2 is 1.95 bits per heavy atom. The number of H-pyrrole nitrogens is 1. The molecule has 0 bridgehead atoms. The largest absolute Gasteiger partial charge is 0.345 e. The number of hydrogen-bond acceptors (Lipinski definition) is 3. The van der Waals surface area contributed by atoms with Gasteiger partial charge in [0.15, 0.2) is 0 Å². The summed E-state index contributed by atoms with van der Waals surface area (Å²) in [5.74, 6) is 0. The highest BCUT2D eigenvalue weighted by atomic mass is 32.2. The smallest absolute Gasteiger partial charge is 0.241 e. The van der Waals surface area contributed by atoms with Crippen molar-refractivity contribution in [3.05, 3.63) is 59.4 Å². The van der Waals surface area contributed by atoms with Gasteiger partial charge in [-0.2, -0.15) is 0 Å². The molecular weight excluding hydrogens is 298 g/mol. The Bertz CT molecular complexity index is 929. The van der Waals surface area contributed by atoms with E-state index in [1.54, 1.807) is 19.3 Å². The van der Waals surface area contributed by atoms with Crippen LogP contribution in [0, 0.1) is 13.8 Å². The highest BCUT2D eigenvalue weighted by Gasteiger charge is 2.16. The maximum absolute atomic E-state index is 12.5. The van der Waals surface area contributed by atoms with Crippen LogP contribution in [0.4, 0.5) is 0 Å². The third kappa shape index (κ3) is 2.88. The van der Waals surface area contributed by atoms with Crippen LogP contribution in [0.2, 0.25) is 0 Å². The predicted octanol–water partition coefficient (Wildman–Crippen LogP) is 2.66. The molecule has 1 aromatic heterocycles. The third-order valence-corrected chi connectivity index (χ3v) is 5.13. The molecule has 0 unspecified atom stereocenters. The number of nitrogens with one attached hydrogen (secondary N) is 2. The number of hydrogen-bond donors (Lipinski definition) is 2. The first-order valence-electron chi connectivity index (χ1n) is 6.95. The maximum Gasteiger partial charge on any atom is 0.241 e. The minimum Gasteiger partial charge on any atom is -0.345 e. The van der Waals surface area contributed by atoms with Gasteiger partial charge in [-0.15, -0.1) is 0 Å². The Balaban J connectivity index is 1.83. The molecule has 2 N–H and O–H groups in total. The first-order chi connectivity index (χ1) is 10.5. The lowest BCUT2D eigenvalue weighted by Crippen LogP contribution is -2.24. The van der Waals surface area contributed by atoms with E-state index < -0.39 is 10.0 Å². The summed E-state index contributed by atoms with van der Waals surface area (Å²) in [4.78, 5) is 7.49. The summed E-state index contributed by atoms with van der Waals surface area (Å²) in [6.07, 6.45) is 1.62. The molecule has 5 nitrogen and oxygen atoms in total. The number of aromatic nitrogens is 2. The van der Waals surface area contributed by atoms with Crippen molar-refractivity contribution in [3.8, 4) is 0 Å². The van der Waals surface area contributed by atoms with Crippen LogP contribution in [-0.2, 0) is 16.6 Å². The number of imidazole rings is 1. The minimum absolute atomic E-state index is 0.241. The lowest BCUT2D eigenvalue weighted by Gasteiger charge is -2.10. The van der Waals surface area contributed by atoms with Crippen molar-refractivity contribution >= 4 is 21.1 Å². The van der Waals surface area contributed by atoms with Gasteiger partial charge in [0.05, 0.1) is 22.3 Å². The second-order valence-electron chi connectivity index (χ2n) is 5.35. The summed E-state index contributed by atoms with van der Waals surface area (Å²) in [7, 11) is -3.53. The summed E-state index contributed by atoms with van der Waals surface area (Å²) >= 11 is 0. The first-order valence-corrected chi connectivity index (χ1v) is 8.43. The van der Waals surface area contributed by atoms with Gasteiger partial charge in [-0.1, -0.05) is 18.2 Å². The second kappa shape index (κ2) is 5.55. The van der Waals surface area contributed by atoms with Crippen LogP contribution in [0.5, 0.6) is 0 Å². The van der Waals surface area contributed by atoms with Crippen molar-refractivity contribution in [1.82, 2.24) is 14.7 Å². The molecule has 0 aliphatic rings. The van der Waals surface area contributed by atoms with Crippen molar-refractivity contribution < 1.29 is 8.42 Å². The van der Waals surface area contributed by atoms with E-state index in [-0.39, 0.29) is 6.54 Å². The van der Waals surface area contributed by atoms with E-state index in [0.29, 0.717) is 4.90 Å². The van der Waals surface area contributed by atoms with Crippen molar-refractivity contribution in [2.45, 2.75) is 25.3 Å². The molecular formula is C16H17N3O2S. The van der Waals surface area contributed by atoms with Gasteiger partial charge in [0.25, 0.3) is 0 Å². The fraction of sp³-hybridized carbons (Fsp3) is 0.188. The van der Waals surface area contributed by atoms with Crippen molar-refractivity contribution in [1.29, 1.82) is 0 Å². The lowest BCUT2D eigenvalue weighted by atomic mass is 10.2. The number of rotatable bonds is 4. The van der Waals surface area contributed by atoms with Gasteiger partial charge in [0.2, 0.25) is 10.0 Å². The zero-order valence-electron chi connectivity index (χ0n) is 12.4. The summed E-state index contributed by atoms with van der Waals surface area (Å²) in [6, 6.07) is 11.0. The van der Waals surface area contributed by atoms with Crippen LogP contribution < -0.4 is 4.72 Å². The van der Waals surface area contributed by atoms with E-state index in [1.165, 1.54) is 0 Å². The standard InChI is InChI=1S/C16H17N3O2S/c1-11-3-4-12(2)16(7-11)22(20,21)19-9-13-5-6-14-15(8-13)18-10-17-14/h3-8,10,19H,9H2,1-2H3,(H,17,18). The van der Waals surface area contributed by atoms with E-state index >= 15 is 0 Å². The molecule has 6 heteroatoms. The third-order valence-electron chi connectivity index (χ3n) is 3.58. The average molecular weight is 315 g/mol. The SMILES string of the molecule is Cc1ccc(C)c(S(=O)(=O)NCc2ccc3nc[nH]c3c2)c1. The molecule has 1 heterocycles. The van der Waals surface area contributed by atoms with Crippen molar-refractivity contribution in [2.24, 2.45) is 0 Å². The van der Waals surface area contributed by atoms with E-state index in [0.717, 1.165) is 27.7 Å². The van der Waals surface area contributed by atoms with Gasteiger partial charge >= 0.3 is 0 Å². The zero-order valence-corrected chi connectivity index (χ0v) is 13.2. The summed E-state index contributed by atoms with van der Waals surface area (Å²) < 4.78 is 27.6. The number of nitrogens with zero attached hydrogens (tertiary/aromatic N) is 1. The summed E-state index contributed by atoms with van der Waals surface area (Å²) in [5.41, 5.74) is 4.29.